The topological polar surface area (TPSA) is 79.3 Å². The molecule has 0 aliphatic carbocycles. The lowest BCUT2D eigenvalue weighted by Crippen LogP contribution is -2.33. The van der Waals surface area contributed by atoms with Gasteiger partial charge < -0.3 is 10.4 Å². The maximum absolute atomic E-state index is 11.2. The van der Waals surface area contributed by atoms with Crippen molar-refractivity contribution in [1.29, 1.82) is 0 Å². The van der Waals surface area contributed by atoms with Gasteiger partial charge in [-0.05, 0) is 18.6 Å². The van der Waals surface area contributed by atoms with Crippen molar-refractivity contribution < 1.29 is 13.5 Å². The fraction of sp³-hybridized carbons (Fsp3) is 0.545. The standard InChI is InChI=1S/C11H16N2O3S/c14-11(10-3-1-2-5-12-10)7-13-9-4-6-17(15,16)8-9/h1-3,5,9,11,13-14H,4,6-8H2. The quantitative estimate of drug-likeness (QED) is 0.786. The van der Waals surface area contributed by atoms with Gasteiger partial charge in [-0.1, -0.05) is 6.07 Å². The average molecular weight is 256 g/mol. The summed E-state index contributed by atoms with van der Waals surface area (Å²) < 4.78 is 22.5. The largest absolute Gasteiger partial charge is 0.385 e. The van der Waals surface area contributed by atoms with E-state index in [2.05, 4.69) is 10.3 Å². The van der Waals surface area contributed by atoms with Gasteiger partial charge in [-0.2, -0.15) is 0 Å². The second-order valence-corrected chi connectivity index (χ2v) is 6.51. The minimum absolute atomic E-state index is 0.0432. The number of nitrogens with zero attached hydrogens (tertiary/aromatic N) is 1. The third kappa shape index (κ3) is 3.49. The van der Waals surface area contributed by atoms with Gasteiger partial charge in [0.05, 0.1) is 17.2 Å². The lowest BCUT2D eigenvalue weighted by Gasteiger charge is -2.14. The first kappa shape index (κ1) is 12.5. The number of rotatable bonds is 4. The number of sulfone groups is 1. The van der Waals surface area contributed by atoms with Crippen molar-refractivity contribution in [3.8, 4) is 0 Å². The SMILES string of the molecule is O=S1(=O)CCC(NCC(O)c2ccccn2)C1. The molecule has 2 heterocycles. The summed E-state index contributed by atoms with van der Waals surface area (Å²) in [7, 11) is -2.87. The zero-order valence-corrected chi connectivity index (χ0v) is 10.2. The highest BCUT2D eigenvalue weighted by atomic mass is 32.2. The third-order valence-corrected chi connectivity index (χ3v) is 4.63. The van der Waals surface area contributed by atoms with Crippen molar-refractivity contribution in [2.45, 2.75) is 18.6 Å². The molecule has 1 aromatic heterocycles. The van der Waals surface area contributed by atoms with Crippen molar-refractivity contribution in [3.05, 3.63) is 30.1 Å². The number of aromatic nitrogens is 1. The Morgan fingerprint density at radius 1 is 1.53 bits per heavy atom. The molecule has 0 radical (unpaired) electrons. The van der Waals surface area contributed by atoms with Crippen molar-refractivity contribution in [2.75, 3.05) is 18.1 Å². The Morgan fingerprint density at radius 2 is 2.35 bits per heavy atom. The van der Waals surface area contributed by atoms with Crippen LogP contribution in [0.5, 0.6) is 0 Å². The minimum atomic E-state index is -2.87. The monoisotopic (exact) mass is 256 g/mol. The van der Waals surface area contributed by atoms with E-state index in [-0.39, 0.29) is 17.5 Å². The van der Waals surface area contributed by atoms with Gasteiger partial charge in [-0.3, -0.25) is 4.98 Å². The molecule has 0 bridgehead atoms. The summed E-state index contributed by atoms with van der Waals surface area (Å²) >= 11 is 0. The first-order chi connectivity index (χ1) is 8.07. The molecular weight excluding hydrogens is 240 g/mol. The fourth-order valence-corrected chi connectivity index (χ4v) is 3.62. The first-order valence-corrected chi connectivity index (χ1v) is 7.42. The molecule has 17 heavy (non-hydrogen) atoms. The van der Waals surface area contributed by atoms with E-state index < -0.39 is 15.9 Å². The van der Waals surface area contributed by atoms with Crippen LogP contribution in [0.4, 0.5) is 0 Å². The Morgan fingerprint density at radius 3 is 2.94 bits per heavy atom. The second-order valence-electron chi connectivity index (χ2n) is 4.28. The van der Waals surface area contributed by atoms with Crippen LogP contribution in [0.25, 0.3) is 0 Å². The molecule has 1 saturated heterocycles. The van der Waals surface area contributed by atoms with E-state index >= 15 is 0 Å². The Labute approximate surface area is 101 Å². The van der Waals surface area contributed by atoms with Crippen LogP contribution in [0.1, 0.15) is 18.2 Å². The molecule has 1 fully saturated rings. The van der Waals surface area contributed by atoms with Crippen LogP contribution in [0.15, 0.2) is 24.4 Å². The molecule has 2 rings (SSSR count). The molecule has 0 saturated carbocycles. The Balaban J connectivity index is 1.83. The van der Waals surface area contributed by atoms with Crippen LogP contribution < -0.4 is 5.32 Å². The number of aliphatic hydroxyl groups excluding tert-OH is 1. The lowest BCUT2D eigenvalue weighted by atomic mass is 10.2. The second kappa shape index (κ2) is 5.12. The van der Waals surface area contributed by atoms with Gasteiger partial charge in [-0.25, -0.2) is 8.42 Å². The van der Waals surface area contributed by atoms with Crippen LogP contribution in [0, 0.1) is 0 Å². The highest BCUT2D eigenvalue weighted by Crippen LogP contribution is 2.13. The summed E-state index contributed by atoms with van der Waals surface area (Å²) in [4.78, 5) is 4.04. The molecule has 2 unspecified atom stereocenters. The maximum atomic E-state index is 11.2. The summed E-state index contributed by atoms with van der Waals surface area (Å²) in [6, 6.07) is 5.30. The Kier molecular flexibility index (Phi) is 3.76. The van der Waals surface area contributed by atoms with Crippen LogP contribution in [0.3, 0.4) is 0 Å². The fourth-order valence-electron chi connectivity index (χ4n) is 1.91. The molecule has 1 aliphatic heterocycles. The summed E-state index contributed by atoms with van der Waals surface area (Å²) in [5.74, 6) is 0.409. The van der Waals surface area contributed by atoms with Gasteiger partial charge in [0, 0.05) is 18.8 Å². The minimum Gasteiger partial charge on any atom is -0.385 e. The Hall–Kier alpha value is -0.980. The molecule has 0 aromatic carbocycles. The molecule has 5 nitrogen and oxygen atoms in total. The van der Waals surface area contributed by atoms with Crippen LogP contribution >= 0.6 is 0 Å². The van der Waals surface area contributed by atoms with E-state index in [4.69, 9.17) is 0 Å². The van der Waals surface area contributed by atoms with Gasteiger partial charge in [0.25, 0.3) is 0 Å². The van der Waals surface area contributed by atoms with Crippen molar-refractivity contribution in [3.63, 3.8) is 0 Å². The summed E-state index contributed by atoms with van der Waals surface area (Å²) in [5, 5.41) is 12.9. The molecule has 0 spiro atoms. The molecular formula is C11H16N2O3S. The van der Waals surface area contributed by atoms with Crippen molar-refractivity contribution in [1.82, 2.24) is 10.3 Å². The molecule has 94 valence electrons. The predicted molar refractivity (Wildman–Crippen MR) is 64.3 cm³/mol. The summed E-state index contributed by atoms with van der Waals surface area (Å²) in [6.07, 6.45) is 1.55. The molecule has 2 atom stereocenters. The first-order valence-electron chi connectivity index (χ1n) is 5.60. The van der Waals surface area contributed by atoms with Crippen molar-refractivity contribution >= 4 is 9.84 Å². The normalized spacial score (nSPS) is 24.6. The summed E-state index contributed by atoms with van der Waals surface area (Å²) in [6.45, 7) is 0.331. The zero-order chi connectivity index (χ0) is 12.3. The van der Waals surface area contributed by atoms with Crippen LogP contribution in [-0.2, 0) is 9.84 Å². The van der Waals surface area contributed by atoms with E-state index in [0.29, 0.717) is 18.7 Å². The molecule has 1 aromatic rings. The third-order valence-electron chi connectivity index (χ3n) is 2.86. The summed E-state index contributed by atoms with van der Waals surface area (Å²) in [5.41, 5.74) is 0.598. The van der Waals surface area contributed by atoms with E-state index in [1.54, 1.807) is 18.3 Å². The number of aliphatic hydroxyl groups is 1. The highest BCUT2D eigenvalue weighted by Gasteiger charge is 2.27. The van der Waals surface area contributed by atoms with Crippen molar-refractivity contribution in [2.24, 2.45) is 0 Å². The number of hydrogen-bond donors (Lipinski definition) is 2. The van der Waals surface area contributed by atoms with E-state index in [1.165, 1.54) is 0 Å². The van der Waals surface area contributed by atoms with E-state index in [1.807, 2.05) is 6.07 Å². The van der Waals surface area contributed by atoms with Gasteiger partial charge in [0.15, 0.2) is 9.84 Å². The van der Waals surface area contributed by atoms with Gasteiger partial charge in [0.2, 0.25) is 0 Å². The molecule has 1 aliphatic rings. The number of hydrogen-bond acceptors (Lipinski definition) is 5. The number of nitrogens with one attached hydrogen (secondary N) is 1. The van der Waals surface area contributed by atoms with Gasteiger partial charge in [-0.15, -0.1) is 0 Å². The van der Waals surface area contributed by atoms with Crippen LogP contribution in [-0.4, -0.2) is 42.6 Å². The highest BCUT2D eigenvalue weighted by molar-refractivity contribution is 7.91. The van der Waals surface area contributed by atoms with Gasteiger partial charge >= 0.3 is 0 Å². The van der Waals surface area contributed by atoms with Gasteiger partial charge in [0.1, 0.15) is 6.10 Å². The van der Waals surface area contributed by atoms with E-state index in [0.717, 1.165) is 0 Å². The molecule has 6 heteroatoms. The maximum Gasteiger partial charge on any atom is 0.151 e. The lowest BCUT2D eigenvalue weighted by molar-refractivity contribution is 0.166. The molecule has 0 amide bonds. The molecule has 2 N–H and O–H groups in total. The average Bonchev–Trinajstić information content (AvgIpc) is 2.67. The predicted octanol–water partition coefficient (Wildman–Crippen LogP) is -0.108. The van der Waals surface area contributed by atoms with Crippen LogP contribution in [0.2, 0.25) is 0 Å². The smallest absolute Gasteiger partial charge is 0.151 e. The van der Waals surface area contributed by atoms with E-state index in [9.17, 15) is 13.5 Å². The zero-order valence-electron chi connectivity index (χ0n) is 9.41. The number of pyridine rings is 1. The Bertz CT molecular complexity index is 461.